The summed E-state index contributed by atoms with van der Waals surface area (Å²) in [7, 11) is 1.53. The van der Waals surface area contributed by atoms with Crippen molar-refractivity contribution in [1.29, 1.82) is 5.26 Å². The molecule has 0 aromatic heterocycles. The van der Waals surface area contributed by atoms with Gasteiger partial charge in [0.05, 0.1) is 18.2 Å². The van der Waals surface area contributed by atoms with Gasteiger partial charge in [0.2, 0.25) is 0 Å². The molecule has 0 amide bonds. The van der Waals surface area contributed by atoms with Crippen molar-refractivity contribution in [3.63, 3.8) is 0 Å². The fourth-order valence-electron chi connectivity index (χ4n) is 1.11. The highest BCUT2D eigenvalue weighted by molar-refractivity contribution is 6.34. The molecule has 0 saturated carbocycles. The molecule has 0 aliphatic heterocycles. The first-order valence-electron chi connectivity index (χ1n) is 4.08. The Morgan fingerprint density at radius 3 is 2.64 bits per heavy atom. The zero-order valence-corrected chi connectivity index (χ0v) is 9.19. The van der Waals surface area contributed by atoms with E-state index in [1.54, 1.807) is 12.1 Å². The maximum atomic E-state index is 8.44. The number of aryl methyl sites for hydroxylation is 1. The number of methoxy groups -OCH3 is 1. The summed E-state index contributed by atoms with van der Waals surface area (Å²) < 4.78 is 5.00. The van der Waals surface area contributed by atoms with Gasteiger partial charge in [-0.1, -0.05) is 23.2 Å². The van der Waals surface area contributed by atoms with E-state index in [0.717, 1.165) is 5.56 Å². The van der Waals surface area contributed by atoms with Crippen molar-refractivity contribution in [2.75, 3.05) is 7.11 Å². The molecule has 0 unspecified atom stereocenters. The Kier molecular flexibility index (Phi) is 4.06. The van der Waals surface area contributed by atoms with Crippen LogP contribution in [0.5, 0.6) is 5.75 Å². The van der Waals surface area contributed by atoms with Gasteiger partial charge in [0.1, 0.15) is 5.75 Å². The second kappa shape index (κ2) is 5.09. The Morgan fingerprint density at radius 1 is 1.36 bits per heavy atom. The molecule has 1 aromatic carbocycles. The van der Waals surface area contributed by atoms with E-state index in [1.807, 2.05) is 0 Å². The number of hydrogen-bond acceptors (Lipinski definition) is 2. The summed E-state index contributed by atoms with van der Waals surface area (Å²) in [6.45, 7) is 0. The molecule has 1 rings (SSSR count). The largest absolute Gasteiger partial charge is 0.495 e. The maximum Gasteiger partial charge on any atom is 0.138 e. The standard InChI is InChI=1S/C10H9Cl2NO/c1-14-10-6-8(11)7(3-2-4-13)5-9(10)12/h5-6H,2-3H2,1H3. The van der Waals surface area contributed by atoms with Crippen LogP contribution in [0.3, 0.4) is 0 Å². The predicted molar refractivity (Wildman–Crippen MR) is 56.9 cm³/mol. The summed E-state index contributed by atoms with van der Waals surface area (Å²) in [5, 5.41) is 9.54. The maximum absolute atomic E-state index is 8.44. The van der Waals surface area contributed by atoms with Crippen LogP contribution in [0.1, 0.15) is 12.0 Å². The molecule has 4 heteroatoms. The minimum Gasteiger partial charge on any atom is -0.495 e. The Labute approximate surface area is 93.0 Å². The Morgan fingerprint density at radius 2 is 2.07 bits per heavy atom. The number of benzene rings is 1. The van der Waals surface area contributed by atoms with Crippen molar-refractivity contribution in [3.05, 3.63) is 27.7 Å². The Balaban J connectivity index is 2.97. The van der Waals surface area contributed by atoms with Crippen LogP contribution in [0.4, 0.5) is 0 Å². The number of nitrogens with zero attached hydrogens (tertiary/aromatic N) is 1. The SMILES string of the molecule is COc1cc(Cl)c(CCC#N)cc1Cl. The van der Waals surface area contributed by atoms with E-state index in [1.165, 1.54) is 7.11 Å². The van der Waals surface area contributed by atoms with E-state index < -0.39 is 0 Å². The smallest absolute Gasteiger partial charge is 0.138 e. The van der Waals surface area contributed by atoms with Gasteiger partial charge in [0.15, 0.2) is 0 Å². The van der Waals surface area contributed by atoms with E-state index in [2.05, 4.69) is 6.07 Å². The van der Waals surface area contributed by atoms with Crippen molar-refractivity contribution in [2.45, 2.75) is 12.8 Å². The predicted octanol–water partition coefficient (Wildman–Crippen LogP) is 3.46. The molecular weight excluding hydrogens is 221 g/mol. The van der Waals surface area contributed by atoms with Crippen LogP contribution in [0.15, 0.2) is 12.1 Å². The second-order valence-corrected chi connectivity index (χ2v) is 3.55. The molecular formula is C10H9Cl2NO. The Bertz CT molecular complexity index is 371. The third-order valence-electron chi connectivity index (χ3n) is 1.83. The van der Waals surface area contributed by atoms with Gasteiger partial charge in [-0.25, -0.2) is 0 Å². The van der Waals surface area contributed by atoms with Crippen LogP contribution in [0.2, 0.25) is 10.0 Å². The van der Waals surface area contributed by atoms with Crippen LogP contribution in [-0.2, 0) is 6.42 Å². The lowest BCUT2D eigenvalue weighted by molar-refractivity contribution is 0.415. The molecule has 0 fully saturated rings. The number of halogens is 2. The van der Waals surface area contributed by atoms with Gasteiger partial charge < -0.3 is 4.74 Å². The van der Waals surface area contributed by atoms with Gasteiger partial charge in [0.25, 0.3) is 0 Å². The number of nitriles is 1. The average molecular weight is 230 g/mol. The first-order valence-corrected chi connectivity index (χ1v) is 4.83. The number of hydrogen-bond donors (Lipinski definition) is 0. The highest BCUT2D eigenvalue weighted by Crippen LogP contribution is 2.31. The molecule has 0 aliphatic rings. The monoisotopic (exact) mass is 229 g/mol. The average Bonchev–Trinajstić information content (AvgIpc) is 2.18. The van der Waals surface area contributed by atoms with Gasteiger partial charge in [-0.2, -0.15) is 5.26 Å². The van der Waals surface area contributed by atoms with Gasteiger partial charge in [0, 0.05) is 17.5 Å². The molecule has 0 aliphatic carbocycles. The first-order chi connectivity index (χ1) is 6.69. The van der Waals surface area contributed by atoms with Crippen molar-refractivity contribution < 1.29 is 4.74 Å². The van der Waals surface area contributed by atoms with Gasteiger partial charge in [-0.3, -0.25) is 0 Å². The minimum absolute atomic E-state index is 0.433. The zero-order valence-electron chi connectivity index (χ0n) is 7.68. The van der Waals surface area contributed by atoms with Crippen molar-refractivity contribution in [1.82, 2.24) is 0 Å². The van der Waals surface area contributed by atoms with Gasteiger partial charge >= 0.3 is 0 Å². The topological polar surface area (TPSA) is 33.0 Å². The summed E-state index contributed by atoms with van der Waals surface area (Å²) in [5.41, 5.74) is 0.874. The first kappa shape index (κ1) is 11.2. The van der Waals surface area contributed by atoms with Crippen LogP contribution in [0.25, 0.3) is 0 Å². The molecule has 0 saturated heterocycles. The molecule has 74 valence electrons. The normalized spacial score (nSPS) is 9.57. The summed E-state index contributed by atoms with van der Waals surface area (Å²) in [6.07, 6.45) is 1.04. The quantitative estimate of drug-likeness (QED) is 0.796. The molecule has 0 spiro atoms. The fourth-order valence-corrected chi connectivity index (χ4v) is 1.62. The highest BCUT2D eigenvalue weighted by Gasteiger charge is 2.07. The lowest BCUT2D eigenvalue weighted by Crippen LogP contribution is -1.90. The number of rotatable bonds is 3. The summed E-state index contributed by atoms with van der Waals surface area (Å²) in [6, 6.07) is 5.46. The van der Waals surface area contributed by atoms with Crippen molar-refractivity contribution >= 4 is 23.2 Å². The van der Waals surface area contributed by atoms with E-state index in [0.29, 0.717) is 28.6 Å². The van der Waals surface area contributed by atoms with Gasteiger partial charge in [-0.05, 0) is 18.1 Å². The van der Waals surface area contributed by atoms with E-state index >= 15 is 0 Å². The van der Waals surface area contributed by atoms with Crippen LogP contribution in [-0.4, -0.2) is 7.11 Å². The molecule has 0 radical (unpaired) electrons. The van der Waals surface area contributed by atoms with Crippen LogP contribution in [0, 0.1) is 11.3 Å². The number of ether oxygens (including phenoxy) is 1. The summed E-state index contributed by atoms with van der Waals surface area (Å²) in [4.78, 5) is 0. The molecule has 0 heterocycles. The summed E-state index contributed by atoms with van der Waals surface area (Å²) >= 11 is 11.9. The summed E-state index contributed by atoms with van der Waals surface area (Å²) in [5.74, 6) is 0.553. The third-order valence-corrected chi connectivity index (χ3v) is 2.47. The highest BCUT2D eigenvalue weighted by atomic mass is 35.5. The lowest BCUT2D eigenvalue weighted by atomic mass is 10.1. The molecule has 14 heavy (non-hydrogen) atoms. The van der Waals surface area contributed by atoms with E-state index in [4.69, 9.17) is 33.2 Å². The van der Waals surface area contributed by atoms with Crippen molar-refractivity contribution in [2.24, 2.45) is 0 Å². The lowest BCUT2D eigenvalue weighted by Gasteiger charge is -2.07. The van der Waals surface area contributed by atoms with Gasteiger partial charge in [-0.15, -0.1) is 0 Å². The third kappa shape index (κ3) is 2.54. The van der Waals surface area contributed by atoms with E-state index in [-0.39, 0.29) is 0 Å². The fraction of sp³-hybridized carbons (Fsp3) is 0.300. The molecule has 0 bridgehead atoms. The molecule has 0 N–H and O–H groups in total. The zero-order chi connectivity index (χ0) is 10.6. The van der Waals surface area contributed by atoms with Crippen molar-refractivity contribution in [3.8, 4) is 11.8 Å². The Hall–Kier alpha value is -0.910. The minimum atomic E-state index is 0.433. The van der Waals surface area contributed by atoms with Crippen LogP contribution < -0.4 is 4.74 Å². The molecule has 1 aromatic rings. The van der Waals surface area contributed by atoms with E-state index in [9.17, 15) is 0 Å². The molecule has 2 nitrogen and oxygen atoms in total. The van der Waals surface area contributed by atoms with Crippen LogP contribution >= 0.6 is 23.2 Å². The second-order valence-electron chi connectivity index (χ2n) is 2.74. The molecule has 0 atom stereocenters.